The summed E-state index contributed by atoms with van der Waals surface area (Å²) in [5, 5.41) is 11.5. The Morgan fingerprint density at radius 2 is 1.77 bits per heavy atom. The van der Waals surface area contributed by atoms with E-state index in [-0.39, 0.29) is 36.2 Å². The monoisotopic (exact) mass is 431 g/mol. The summed E-state index contributed by atoms with van der Waals surface area (Å²) in [6.45, 7) is 5.68. The van der Waals surface area contributed by atoms with Crippen molar-refractivity contribution in [2.45, 2.75) is 70.6 Å². The van der Waals surface area contributed by atoms with Crippen molar-refractivity contribution in [3.63, 3.8) is 0 Å². The van der Waals surface area contributed by atoms with E-state index in [1.807, 2.05) is 32.0 Å². The van der Waals surface area contributed by atoms with Gasteiger partial charge in [-0.05, 0) is 63.2 Å². The number of hydrogen-bond donors (Lipinski definition) is 5. The number of benzene rings is 1. The maximum atomic E-state index is 13.0. The smallest absolute Gasteiger partial charge is 0.243 e. The fraction of sp³-hybridized carbons (Fsp3) is 0.609. The van der Waals surface area contributed by atoms with Crippen LogP contribution in [0.4, 0.5) is 0 Å². The standard InChI is InChI=1S/C23H37N5O3/c1-14(2)20(28-21(29)15(3)25-4)23(31)27-19(12-13-24)22(30)26-18-11-7-9-16-8-5-6-10-17(16)18/h5-6,8,10,14-15,18-20,25H,7,9,11-13,24H2,1-4H3,(H,26,30)(H,27,31)(H,28,29). The molecule has 6 N–H and O–H groups in total. The van der Waals surface area contributed by atoms with Gasteiger partial charge in [0.15, 0.2) is 0 Å². The predicted octanol–water partition coefficient (Wildman–Crippen LogP) is 0.763. The zero-order valence-corrected chi connectivity index (χ0v) is 19.0. The molecule has 1 aliphatic rings. The molecule has 3 amide bonds. The Kier molecular flexibility index (Phi) is 9.45. The second-order valence-corrected chi connectivity index (χ2v) is 8.53. The van der Waals surface area contributed by atoms with E-state index in [1.54, 1.807) is 14.0 Å². The highest BCUT2D eigenvalue weighted by Crippen LogP contribution is 2.29. The van der Waals surface area contributed by atoms with Crippen LogP contribution in [0.2, 0.25) is 0 Å². The van der Waals surface area contributed by atoms with Gasteiger partial charge in [0, 0.05) is 0 Å². The third kappa shape index (κ3) is 6.77. The van der Waals surface area contributed by atoms with Crippen LogP contribution >= 0.6 is 0 Å². The summed E-state index contributed by atoms with van der Waals surface area (Å²) < 4.78 is 0. The normalized spacial score (nSPS) is 18.5. The summed E-state index contributed by atoms with van der Waals surface area (Å²) in [4.78, 5) is 38.2. The Labute approximate surface area is 185 Å². The minimum absolute atomic E-state index is 0.0771. The van der Waals surface area contributed by atoms with Crippen LogP contribution < -0.4 is 27.0 Å². The molecule has 8 heteroatoms. The van der Waals surface area contributed by atoms with Gasteiger partial charge >= 0.3 is 0 Å². The molecule has 0 heterocycles. The van der Waals surface area contributed by atoms with Crippen molar-refractivity contribution in [1.82, 2.24) is 21.3 Å². The quantitative estimate of drug-likeness (QED) is 0.374. The van der Waals surface area contributed by atoms with Crippen LogP contribution in [0.5, 0.6) is 0 Å². The maximum Gasteiger partial charge on any atom is 0.243 e. The fourth-order valence-electron chi connectivity index (χ4n) is 3.82. The molecule has 1 aromatic carbocycles. The van der Waals surface area contributed by atoms with Gasteiger partial charge < -0.3 is 27.0 Å². The lowest BCUT2D eigenvalue weighted by atomic mass is 9.87. The van der Waals surface area contributed by atoms with Crippen molar-refractivity contribution in [1.29, 1.82) is 0 Å². The molecule has 4 unspecified atom stereocenters. The van der Waals surface area contributed by atoms with E-state index in [4.69, 9.17) is 5.73 Å². The van der Waals surface area contributed by atoms with E-state index in [9.17, 15) is 14.4 Å². The predicted molar refractivity (Wildman–Crippen MR) is 121 cm³/mol. The zero-order valence-electron chi connectivity index (χ0n) is 19.0. The third-order valence-electron chi connectivity index (χ3n) is 5.85. The molecule has 4 atom stereocenters. The number of carbonyl (C=O) groups excluding carboxylic acids is 3. The molecule has 8 nitrogen and oxygen atoms in total. The summed E-state index contributed by atoms with van der Waals surface area (Å²) in [5.74, 6) is -1.04. The number of fused-ring (bicyclic) bond motifs is 1. The average Bonchev–Trinajstić information content (AvgIpc) is 2.76. The molecule has 0 bridgehead atoms. The molecule has 0 spiro atoms. The lowest BCUT2D eigenvalue weighted by molar-refractivity contribution is -0.133. The topological polar surface area (TPSA) is 125 Å². The van der Waals surface area contributed by atoms with Gasteiger partial charge in [0.1, 0.15) is 12.1 Å². The number of rotatable bonds is 10. The van der Waals surface area contributed by atoms with Gasteiger partial charge in [0.25, 0.3) is 0 Å². The second-order valence-electron chi connectivity index (χ2n) is 8.53. The summed E-state index contributed by atoms with van der Waals surface area (Å²) >= 11 is 0. The molecule has 0 saturated carbocycles. The van der Waals surface area contributed by atoms with Gasteiger partial charge in [-0.1, -0.05) is 38.1 Å². The number of aryl methyl sites for hydroxylation is 1. The highest BCUT2D eigenvalue weighted by Gasteiger charge is 2.31. The molecule has 31 heavy (non-hydrogen) atoms. The first-order valence-electron chi connectivity index (χ1n) is 11.1. The summed E-state index contributed by atoms with van der Waals surface area (Å²) in [6, 6.07) is 6.12. The fourth-order valence-corrected chi connectivity index (χ4v) is 3.82. The first kappa shape index (κ1) is 24.8. The van der Waals surface area contributed by atoms with Gasteiger partial charge in [0.05, 0.1) is 12.1 Å². The van der Waals surface area contributed by atoms with Crippen LogP contribution in [-0.4, -0.2) is 49.4 Å². The molecule has 0 fully saturated rings. The molecule has 172 valence electrons. The van der Waals surface area contributed by atoms with Crippen LogP contribution in [0.15, 0.2) is 24.3 Å². The number of likely N-dealkylation sites (N-methyl/N-ethyl adjacent to an activating group) is 1. The lowest BCUT2D eigenvalue weighted by Gasteiger charge is -2.29. The van der Waals surface area contributed by atoms with Crippen molar-refractivity contribution in [2.24, 2.45) is 11.7 Å². The highest BCUT2D eigenvalue weighted by atomic mass is 16.2. The molecule has 1 aliphatic carbocycles. The first-order chi connectivity index (χ1) is 14.8. The van der Waals surface area contributed by atoms with Crippen LogP contribution in [0.25, 0.3) is 0 Å². The molecule has 2 rings (SSSR count). The summed E-state index contributed by atoms with van der Waals surface area (Å²) in [7, 11) is 1.68. The largest absolute Gasteiger partial charge is 0.348 e. The molecular weight excluding hydrogens is 394 g/mol. The van der Waals surface area contributed by atoms with Crippen LogP contribution in [-0.2, 0) is 20.8 Å². The van der Waals surface area contributed by atoms with Gasteiger partial charge in [-0.15, -0.1) is 0 Å². The Bertz CT molecular complexity index is 767. The molecule has 0 radical (unpaired) electrons. The summed E-state index contributed by atoms with van der Waals surface area (Å²) in [6.07, 6.45) is 3.18. The van der Waals surface area contributed by atoms with E-state index in [1.165, 1.54) is 5.56 Å². The number of amides is 3. The van der Waals surface area contributed by atoms with Crippen molar-refractivity contribution in [3.05, 3.63) is 35.4 Å². The third-order valence-corrected chi connectivity index (χ3v) is 5.85. The van der Waals surface area contributed by atoms with Crippen molar-refractivity contribution in [2.75, 3.05) is 13.6 Å². The lowest BCUT2D eigenvalue weighted by Crippen LogP contribution is -2.57. The molecule has 0 aliphatic heterocycles. The van der Waals surface area contributed by atoms with Gasteiger partial charge in [0.2, 0.25) is 17.7 Å². The van der Waals surface area contributed by atoms with Crippen molar-refractivity contribution in [3.8, 4) is 0 Å². The SMILES string of the molecule is CNC(C)C(=O)NC(C(=O)NC(CCN)C(=O)NC1CCCc2ccccc21)C(C)C. The first-order valence-corrected chi connectivity index (χ1v) is 11.1. The number of hydrogen-bond acceptors (Lipinski definition) is 5. The van der Waals surface area contributed by atoms with Crippen LogP contribution in [0.3, 0.4) is 0 Å². The minimum atomic E-state index is -0.758. The Morgan fingerprint density at radius 3 is 2.42 bits per heavy atom. The van der Waals surface area contributed by atoms with Crippen LogP contribution in [0, 0.1) is 5.92 Å². The second kappa shape index (κ2) is 11.8. The highest BCUT2D eigenvalue weighted by molar-refractivity contribution is 5.93. The molecule has 0 saturated heterocycles. The van der Waals surface area contributed by atoms with Gasteiger partial charge in [-0.25, -0.2) is 0 Å². The Morgan fingerprint density at radius 1 is 1.06 bits per heavy atom. The zero-order chi connectivity index (χ0) is 23.0. The minimum Gasteiger partial charge on any atom is -0.348 e. The number of carbonyl (C=O) groups is 3. The van der Waals surface area contributed by atoms with Gasteiger partial charge in [-0.3, -0.25) is 14.4 Å². The Balaban J connectivity index is 2.07. The summed E-state index contributed by atoms with van der Waals surface area (Å²) in [5.41, 5.74) is 8.10. The number of nitrogens with one attached hydrogen (secondary N) is 4. The van der Waals surface area contributed by atoms with Crippen molar-refractivity contribution >= 4 is 17.7 Å². The van der Waals surface area contributed by atoms with E-state index >= 15 is 0 Å². The molecular formula is C23H37N5O3. The van der Waals surface area contributed by atoms with Crippen molar-refractivity contribution < 1.29 is 14.4 Å². The molecule has 0 aromatic heterocycles. The maximum absolute atomic E-state index is 13.0. The van der Waals surface area contributed by atoms with E-state index in [2.05, 4.69) is 27.3 Å². The van der Waals surface area contributed by atoms with E-state index in [0.29, 0.717) is 6.42 Å². The van der Waals surface area contributed by atoms with E-state index in [0.717, 1.165) is 24.8 Å². The van der Waals surface area contributed by atoms with Gasteiger partial charge in [-0.2, -0.15) is 0 Å². The van der Waals surface area contributed by atoms with E-state index < -0.39 is 18.1 Å². The average molecular weight is 432 g/mol. The molecule has 1 aromatic rings. The number of nitrogens with two attached hydrogens (primary N) is 1. The Hall–Kier alpha value is -2.45. The van der Waals surface area contributed by atoms with Crippen LogP contribution in [0.1, 0.15) is 57.2 Å².